The van der Waals surface area contributed by atoms with Crippen LogP contribution in [0.25, 0.3) is 16.6 Å². The molecule has 0 atom stereocenters. The molecule has 0 unspecified atom stereocenters. The number of benzene rings is 1. The van der Waals surface area contributed by atoms with E-state index in [-0.39, 0.29) is 0 Å². The van der Waals surface area contributed by atoms with Crippen LogP contribution in [0.3, 0.4) is 0 Å². The predicted octanol–water partition coefficient (Wildman–Crippen LogP) is 2.32. The summed E-state index contributed by atoms with van der Waals surface area (Å²) in [5.41, 5.74) is 2.54. The van der Waals surface area contributed by atoms with Crippen LogP contribution in [-0.4, -0.2) is 27.7 Å². The van der Waals surface area contributed by atoms with Crippen LogP contribution in [-0.2, 0) is 4.74 Å². The van der Waals surface area contributed by atoms with Gasteiger partial charge in [-0.25, -0.2) is 14.3 Å². The molecule has 18 heavy (non-hydrogen) atoms. The Kier molecular flexibility index (Phi) is 2.41. The topological polar surface area (TPSA) is 56.5 Å². The van der Waals surface area contributed by atoms with E-state index in [1.54, 1.807) is 35.0 Å². The molecule has 0 fully saturated rings. The third kappa shape index (κ3) is 1.52. The van der Waals surface area contributed by atoms with E-state index in [4.69, 9.17) is 11.6 Å². The van der Waals surface area contributed by atoms with Crippen molar-refractivity contribution in [1.29, 1.82) is 0 Å². The maximum absolute atomic E-state index is 11.5. The minimum atomic E-state index is -0.407. The van der Waals surface area contributed by atoms with Gasteiger partial charge in [0.2, 0.25) is 0 Å². The monoisotopic (exact) mass is 261 g/mol. The van der Waals surface area contributed by atoms with Gasteiger partial charge in [0.05, 0.1) is 29.9 Å². The van der Waals surface area contributed by atoms with Crippen molar-refractivity contribution in [3.05, 3.63) is 41.2 Å². The Bertz CT molecular complexity index is 766. The smallest absolute Gasteiger partial charge is 0.337 e. The van der Waals surface area contributed by atoms with Crippen LogP contribution in [0.2, 0.25) is 5.15 Å². The number of ether oxygens (including phenoxy) is 1. The molecule has 90 valence electrons. The van der Waals surface area contributed by atoms with Crippen LogP contribution in [0.1, 0.15) is 10.4 Å². The number of carbonyl (C=O) groups is 1. The number of fused-ring (bicyclic) bond motifs is 3. The molecule has 3 aromatic rings. The van der Waals surface area contributed by atoms with Crippen molar-refractivity contribution in [3.63, 3.8) is 0 Å². The maximum Gasteiger partial charge on any atom is 0.337 e. The molecule has 0 aliphatic heterocycles. The number of halogens is 1. The van der Waals surface area contributed by atoms with E-state index < -0.39 is 5.97 Å². The molecule has 3 rings (SSSR count). The number of rotatable bonds is 1. The van der Waals surface area contributed by atoms with E-state index in [1.165, 1.54) is 7.11 Å². The molecule has 0 amide bonds. The molecule has 0 saturated heterocycles. The summed E-state index contributed by atoms with van der Waals surface area (Å²) in [4.78, 5) is 15.7. The summed E-state index contributed by atoms with van der Waals surface area (Å²) < 4.78 is 6.35. The number of aromatic nitrogens is 3. The number of nitrogens with zero attached hydrogens (tertiary/aromatic N) is 3. The van der Waals surface area contributed by atoms with Gasteiger partial charge in [-0.1, -0.05) is 11.6 Å². The first-order chi connectivity index (χ1) is 8.70. The molecule has 0 bridgehead atoms. The lowest BCUT2D eigenvalue weighted by Crippen LogP contribution is -2.02. The van der Waals surface area contributed by atoms with E-state index in [0.717, 1.165) is 11.0 Å². The second-order valence-corrected chi connectivity index (χ2v) is 4.08. The van der Waals surface area contributed by atoms with Gasteiger partial charge in [-0.05, 0) is 24.3 Å². The average Bonchev–Trinajstić information content (AvgIpc) is 2.87. The van der Waals surface area contributed by atoms with Gasteiger partial charge >= 0.3 is 5.97 Å². The first-order valence-electron chi connectivity index (χ1n) is 5.22. The van der Waals surface area contributed by atoms with Gasteiger partial charge in [0.1, 0.15) is 5.52 Å². The Balaban J connectivity index is 2.35. The van der Waals surface area contributed by atoms with Crippen LogP contribution >= 0.6 is 11.6 Å². The summed E-state index contributed by atoms with van der Waals surface area (Å²) in [5.74, 6) is -0.407. The van der Waals surface area contributed by atoms with Gasteiger partial charge in [0.15, 0.2) is 5.15 Å². The van der Waals surface area contributed by atoms with Crippen LogP contribution < -0.4 is 0 Å². The van der Waals surface area contributed by atoms with Crippen molar-refractivity contribution < 1.29 is 9.53 Å². The fourth-order valence-corrected chi connectivity index (χ4v) is 2.09. The molecule has 6 heteroatoms. The van der Waals surface area contributed by atoms with Crippen molar-refractivity contribution in [2.75, 3.05) is 7.11 Å². The summed E-state index contributed by atoms with van der Waals surface area (Å²) in [5, 5.41) is 4.53. The van der Waals surface area contributed by atoms with E-state index in [2.05, 4.69) is 14.8 Å². The van der Waals surface area contributed by atoms with Crippen molar-refractivity contribution in [3.8, 4) is 0 Å². The van der Waals surface area contributed by atoms with E-state index in [0.29, 0.717) is 16.2 Å². The highest BCUT2D eigenvalue weighted by Crippen LogP contribution is 2.22. The van der Waals surface area contributed by atoms with Gasteiger partial charge in [0.25, 0.3) is 0 Å². The van der Waals surface area contributed by atoms with E-state index in [9.17, 15) is 4.79 Å². The highest BCUT2D eigenvalue weighted by Gasteiger charge is 2.11. The van der Waals surface area contributed by atoms with Crippen molar-refractivity contribution >= 4 is 34.1 Å². The third-order valence-electron chi connectivity index (χ3n) is 2.70. The predicted molar refractivity (Wildman–Crippen MR) is 66.8 cm³/mol. The fraction of sp³-hybridized carbons (Fsp3) is 0.0833. The first kappa shape index (κ1) is 11.0. The lowest BCUT2D eigenvalue weighted by atomic mass is 10.2. The minimum Gasteiger partial charge on any atom is -0.465 e. The fourth-order valence-electron chi connectivity index (χ4n) is 1.85. The Labute approximate surface area is 107 Å². The number of esters is 1. The molecule has 0 N–H and O–H groups in total. The van der Waals surface area contributed by atoms with Gasteiger partial charge in [-0.2, -0.15) is 5.10 Å². The van der Waals surface area contributed by atoms with Gasteiger partial charge in [-0.3, -0.25) is 0 Å². The number of carbonyl (C=O) groups excluding carboxylic acids is 1. The van der Waals surface area contributed by atoms with Crippen LogP contribution in [0, 0.1) is 0 Å². The minimum absolute atomic E-state index is 0.349. The van der Waals surface area contributed by atoms with Crippen molar-refractivity contribution in [2.24, 2.45) is 0 Å². The number of hydrogen-bond donors (Lipinski definition) is 0. The summed E-state index contributed by atoms with van der Waals surface area (Å²) in [6.07, 6.45) is 1.65. The molecule has 0 saturated carbocycles. The molecule has 0 aliphatic rings. The highest BCUT2D eigenvalue weighted by atomic mass is 35.5. The van der Waals surface area contributed by atoms with Crippen LogP contribution in [0.4, 0.5) is 0 Å². The molecule has 0 radical (unpaired) electrons. The standard InChI is InChI=1S/C12H8ClN3O2/c1-18-12(17)7-2-3-9-8(6-7)15-11(13)10-4-5-14-16(9)10/h2-6H,1H3. The zero-order chi connectivity index (χ0) is 12.7. The highest BCUT2D eigenvalue weighted by molar-refractivity contribution is 6.33. The molecule has 0 spiro atoms. The van der Waals surface area contributed by atoms with Gasteiger partial charge in [-0.15, -0.1) is 0 Å². The zero-order valence-corrected chi connectivity index (χ0v) is 10.2. The maximum atomic E-state index is 11.5. The second kappa shape index (κ2) is 3.96. The average molecular weight is 262 g/mol. The van der Waals surface area contributed by atoms with Gasteiger partial charge in [0, 0.05) is 0 Å². The Morgan fingerprint density at radius 3 is 2.94 bits per heavy atom. The van der Waals surface area contributed by atoms with Crippen molar-refractivity contribution in [2.45, 2.75) is 0 Å². The summed E-state index contributed by atoms with van der Waals surface area (Å²) in [6.45, 7) is 0. The number of hydrogen-bond acceptors (Lipinski definition) is 4. The molecule has 0 aliphatic carbocycles. The Morgan fingerprint density at radius 1 is 1.33 bits per heavy atom. The molecule has 2 aromatic heterocycles. The Hall–Kier alpha value is -2.14. The first-order valence-corrected chi connectivity index (χ1v) is 5.60. The largest absolute Gasteiger partial charge is 0.465 e. The second-order valence-electron chi connectivity index (χ2n) is 3.73. The van der Waals surface area contributed by atoms with Crippen LogP contribution in [0.15, 0.2) is 30.5 Å². The normalized spacial score (nSPS) is 11.0. The third-order valence-corrected chi connectivity index (χ3v) is 2.98. The lowest BCUT2D eigenvalue weighted by molar-refractivity contribution is 0.0601. The lowest BCUT2D eigenvalue weighted by Gasteiger charge is -2.04. The molecule has 5 nitrogen and oxygen atoms in total. The Morgan fingerprint density at radius 2 is 2.17 bits per heavy atom. The van der Waals surface area contributed by atoms with E-state index in [1.807, 2.05) is 0 Å². The molecular weight excluding hydrogens is 254 g/mol. The van der Waals surface area contributed by atoms with E-state index >= 15 is 0 Å². The summed E-state index contributed by atoms with van der Waals surface area (Å²) in [6, 6.07) is 6.85. The molecule has 1 aromatic carbocycles. The van der Waals surface area contributed by atoms with Crippen molar-refractivity contribution in [1.82, 2.24) is 14.6 Å². The molecular formula is C12H8ClN3O2. The summed E-state index contributed by atoms with van der Waals surface area (Å²) >= 11 is 6.06. The SMILES string of the molecule is COC(=O)c1ccc2c(c1)nc(Cl)c1ccnn12. The number of methoxy groups -OCH3 is 1. The quantitative estimate of drug-likeness (QED) is 0.631. The zero-order valence-electron chi connectivity index (χ0n) is 9.42. The van der Waals surface area contributed by atoms with Crippen LogP contribution in [0.5, 0.6) is 0 Å². The van der Waals surface area contributed by atoms with Gasteiger partial charge < -0.3 is 4.74 Å². The molecule has 2 heterocycles. The summed E-state index contributed by atoms with van der Waals surface area (Å²) in [7, 11) is 1.34.